The summed E-state index contributed by atoms with van der Waals surface area (Å²) >= 11 is 0. The Labute approximate surface area is 203 Å². The molecule has 0 aliphatic rings. The molecule has 0 bridgehead atoms. The number of methoxy groups -OCH3 is 1. The zero-order valence-electron chi connectivity index (χ0n) is 19.3. The number of nitrogens with one attached hydrogen (secondary N) is 2. The number of carboxylic acids is 1. The number of rotatable bonds is 11. The molecule has 0 saturated heterocycles. The number of ether oxygens (including phenoxy) is 2. The molecule has 2 atom stereocenters. The Bertz CT molecular complexity index is 1120. The summed E-state index contributed by atoms with van der Waals surface area (Å²) in [4.78, 5) is 37.5. The van der Waals surface area contributed by atoms with E-state index in [4.69, 9.17) is 9.47 Å². The van der Waals surface area contributed by atoms with Gasteiger partial charge in [0, 0.05) is 12.8 Å². The highest BCUT2D eigenvalue weighted by atomic mass is 16.5. The predicted octanol–water partition coefficient (Wildman–Crippen LogP) is 3.34. The summed E-state index contributed by atoms with van der Waals surface area (Å²) in [6.45, 7) is 0.0416. The number of carbonyl (C=O) groups is 3. The Balaban J connectivity index is 1.69. The van der Waals surface area contributed by atoms with Gasteiger partial charge in [0.25, 0.3) is 0 Å². The third kappa shape index (κ3) is 8.19. The standard InChI is InChI=1S/C27H28N2O6/c1-34-22-14-8-13-21(15-22)17-24(26(31)32)28-25(30)23(16-19-9-4-2-5-10-19)29-27(33)35-18-20-11-6-3-7-12-20/h2-15,23-24H,16-18H2,1H3,(H,28,30)(H,29,33)(H,31,32)/t23-,24-/m1/s1. The topological polar surface area (TPSA) is 114 Å². The van der Waals surface area contributed by atoms with E-state index >= 15 is 0 Å². The predicted molar refractivity (Wildman–Crippen MR) is 130 cm³/mol. The minimum atomic E-state index is -1.20. The molecule has 8 nitrogen and oxygen atoms in total. The number of carboxylic acid groups (broad SMARTS) is 1. The van der Waals surface area contributed by atoms with Gasteiger partial charge in [0.2, 0.25) is 5.91 Å². The maximum atomic E-state index is 13.1. The molecule has 3 aromatic rings. The van der Waals surface area contributed by atoms with Crippen molar-refractivity contribution in [2.45, 2.75) is 31.5 Å². The van der Waals surface area contributed by atoms with Crippen LogP contribution in [-0.2, 0) is 33.8 Å². The molecule has 35 heavy (non-hydrogen) atoms. The third-order valence-electron chi connectivity index (χ3n) is 5.29. The van der Waals surface area contributed by atoms with Gasteiger partial charge in [0.1, 0.15) is 24.4 Å². The van der Waals surface area contributed by atoms with Gasteiger partial charge in [-0.1, -0.05) is 72.8 Å². The molecule has 0 aromatic heterocycles. The first kappa shape index (κ1) is 25.3. The van der Waals surface area contributed by atoms with Crippen molar-refractivity contribution in [1.29, 1.82) is 0 Å². The molecule has 0 radical (unpaired) electrons. The van der Waals surface area contributed by atoms with Gasteiger partial charge >= 0.3 is 12.1 Å². The highest BCUT2D eigenvalue weighted by Gasteiger charge is 2.27. The molecule has 0 spiro atoms. The smallest absolute Gasteiger partial charge is 0.408 e. The van der Waals surface area contributed by atoms with Gasteiger partial charge < -0.3 is 25.2 Å². The molecule has 0 fully saturated rings. The van der Waals surface area contributed by atoms with Crippen LogP contribution in [0.5, 0.6) is 5.75 Å². The lowest BCUT2D eigenvalue weighted by atomic mass is 10.0. The largest absolute Gasteiger partial charge is 0.497 e. The molecule has 182 valence electrons. The van der Waals surface area contributed by atoms with Gasteiger partial charge in [-0.25, -0.2) is 9.59 Å². The van der Waals surface area contributed by atoms with Crippen LogP contribution < -0.4 is 15.4 Å². The average Bonchev–Trinajstić information content (AvgIpc) is 2.88. The monoisotopic (exact) mass is 476 g/mol. The first-order valence-electron chi connectivity index (χ1n) is 11.1. The molecule has 0 aliphatic carbocycles. The highest BCUT2D eigenvalue weighted by Crippen LogP contribution is 2.14. The molecule has 0 aliphatic heterocycles. The third-order valence-corrected chi connectivity index (χ3v) is 5.29. The summed E-state index contributed by atoms with van der Waals surface area (Å²) in [5.74, 6) is -1.23. The van der Waals surface area contributed by atoms with Crippen molar-refractivity contribution in [1.82, 2.24) is 10.6 Å². The van der Waals surface area contributed by atoms with Crippen LogP contribution in [-0.4, -0.2) is 42.3 Å². The van der Waals surface area contributed by atoms with Crippen molar-refractivity contribution in [3.05, 3.63) is 102 Å². The first-order chi connectivity index (χ1) is 16.9. The van der Waals surface area contributed by atoms with E-state index in [9.17, 15) is 19.5 Å². The fraction of sp³-hybridized carbons (Fsp3) is 0.222. The summed E-state index contributed by atoms with van der Waals surface area (Å²) in [6.07, 6.45) is -0.558. The van der Waals surface area contributed by atoms with E-state index in [-0.39, 0.29) is 19.4 Å². The first-order valence-corrected chi connectivity index (χ1v) is 11.1. The van der Waals surface area contributed by atoms with E-state index in [1.165, 1.54) is 7.11 Å². The van der Waals surface area contributed by atoms with Crippen molar-refractivity contribution in [3.8, 4) is 5.75 Å². The summed E-state index contributed by atoms with van der Waals surface area (Å²) in [5.41, 5.74) is 2.29. The molecule has 0 saturated carbocycles. The Morgan fingerprint density at radius 2 is 1.37 bits per heavy atom. The molecule has 3 N–H and O–H groups in total. The zero-order valence-corrected chi connectivity index (χ0v) is 19.3. The van der Waals surface area contributed by atoms with Crippen LogP contribution >= 0.6 is 0 Å². The van der Waals surface area contributed by atoms with Crippen LogP contribution in [0.3, 0.4) is 0 Å². The van der Waals surface area contributed by atoms with Crippen LogP contribution in [0.15, 0.2) is 84.9 Å². The van der Waals surface area contributed by atoms with Gasteiger partial charge in [-0.2, -0.15) is 0 Å². The van der Waals surface area contributed by atoms with Gasteiger partial charge in [-0.15, -0.1) is 0 Å². The number of amides is 2. The SMILES string of the molecule is COc1cccc(C[C@@H](NC(=O)[C@@H](Cc2ccccc2)NC(=O)OCc2ccccc2)C(=O)O)c1. The Morgan fingerprint density at radius 1 is 0.771 bits per heavy atom. The minimum Gasteiger partial charge on any atom is -0.497 e. The Morgan fingerprint density at radius 3 is 2.00 bits per heavy atom. The van der Waals surface area contributed by atoms with E-state index < -0.39 is 30.1 Å². The van der Waals surface area contributed by atoms with Crippen molar-refractivity contribution in [2.75, 3.05) is 7.11 Å². The fourth-order valence-electron chi connectivity index (χ4n) is 3.47. The Hall–Kier alpha value is -4.33. The number of aliphatic carboxylic acids is 1. The summed E-state index contributed by atoms with van der Waals surface area (Å²) in [5, 5.41) is 14.8. The molecule has 3 rings (SSSR count). The van der Waals surface area contributed by atoms with Gasteiger partial charge in [0.05, 0.1) is 7.11 Å². The van der Waals surface area contributed by atoms with E-state index in [0.29, 0.717) is 11.3 Å². The summed E-state index contributed by atoms with van der Waals surface area (Å²) < 4.78 is 10.4. The van der Waals surface area contributed by atoms with E-state index in [1.54, 1.807) is 24.3 Å². The molecule has 0 heterocycles. The van der Waals surface area contributed by atoms with Crippen molar-refractivity contribution < 1.29 is 29.0 Å². The summed E-state index contributed by atoms with van der Waals surface area (Å²) in [6, 6.07) is 23.0. The lowest BCUT2D eigenvalue weighted by Crippen LogP contribution is -2.53. The van der Waals surface area contributed by atoms with Crippen LogP contribution in [0.25, 0.3) is 0 Å². The normalized spacial score (nSPS) is 12.1. The second-order valence-electron chi connectivity index (χ2n) is 7.90. The average molecular weight is 477 g/mol. The zero-order chi connectivity index (χ0) is 25.0. The lowest BCUT2D eigenvalue weighted by molar-refractivity contribution is -0.142. The molecular weight excluding hydrogens is 448 g/mol. The van der Waals surface area contributed by atoms with Gasteiger partial charge in [0.15, 0.2) is 0 Å². The van der Waals surface area contributed by atoms with Gasteiger partial charge in [-0.3, -0.25) is 4.79 Å². The lowest BCUT2D eigenvalue weighted by Gasteiger charge is -2.22. The molecule has 3 aromatic carbocycles. The number of benzene rings is 3. The molecule has 0 unspecified atom stereocenters. The van der Waals surface area contributed by atoms with Crippen molar-refractivity contribution in [3.63, 3.8) is 0 Å². The second kappa shape index (κ2) is 12.8. The summed E-state index contributed by atoms with van der Waals surface area (Å²) in [7, 11) is 1.52. The molecule has 2 amide bonds. The van der Waals surface area contributed by atoms with Crippen LogP contribution in [0.1, 0.15) is 16.7 Å². The second-order valence-corrected chi connectivity index (χ2v) is 7.90. The van der Waals surface area contributed by atoms with Crippen LogP contribution in [0.2, 0.25) is 0 Å². The maximum Gasteiger partial charge on any atom is 0.408 e. The quantitative estimate of drug-likeness (QED) is 0.391. The van der Waals surface area contributed by atoms with Crippen molar-refractivity contribution in [2.24, 2.45) is 0 Å². The van der Waals surface area contributed by atoms with Crippen molar-refractivity contribution >= 4 is 18.0 Å². The number of alkyl carbamates (subject to hydrolysis) is 1. The Kier molecular flexibility index (Phi) is 9.24. The fourth-order valence-corrected chi connectivity index (χ4v) is 3.47. The minimum absolute atomic E-state index is 0.0416. The molecular formula is C27H28N2O6. The number of hydrogen-bond acceptors (Lipinski definition) is 5. The van der Waals surface area contributed by atoms with E-state index in [1.807, 2.05) is 60.7 Å². The maximum absolute atomic E-state index is 13.1. The van der Waals surface area contributed by atoms with Gasteiger partial charge in [-0.05, 0) is 28.8 Å². The molecule has 8 heteroatoms. The number of carbonyl (C=O) groups excluding carboxylic acids is 2. The van der Waals surface area contributed by atoms with E-state index in [0.717, 1.165) is 11.1 Å². The number of hydrogen-bond donors (Lipinski definition) is 3. The van der Waals surface area contributed by atoms with Crippen LogP contribution in [0.4, 0.5) is 4.79 Å². The van der Waals surface area contributed by atoms with Crippen LogP contribution in [0, 0.1) is 0 Å². The van der Waals surface area contributed by atoms with E-state index in [2.05, 4.69) is 10.6 Å². The highest BCUT2D eigenvalue weighted by molar-refractivity contribution is 5.89.